The van der Waals surface area contributed by atoms with Gasteiger partial charge in [-0.05, 0) is 0 Å². The van der Waals surface area contributed by atoms with Crippen LogP contribution in [0.5, 0.6) is 11.6 Å². The normalized spacial score (nSPS) is 11.9. The van der Waals surface area contributed by atoms with Crippen molar-refractivity contribution in [2.24, 2.45) is 0 Å². The van der Waals surface area contributed by atoms with Gasteiger partial charge in [-0.3, -0.25) is 0 Å². The van der Waals surface area contributed by atoms with Crippen LogP contribution in [0.25, 0.3) is 0 Å². The van der Waals surface area contributed by atoms with E-state index in [1.54, 1.807) is 6.07 Å². The van der Waals surface area contributed by atoms with Crippen LogP contribution in [-0.4, -0.2) is 18.5 Å². The standard InChI is InChI=1S/C10H6F6N2O2/c1-19-6-4-5(2-3-17)18-8(20-10(14,15)16)7(6)9(11,12)13/h4H,2H2,1H3. The minimum absolute atomic E-state index is 0.336. The van der Waals surface area contributed by atoms with Gasteiger partial charge in [-0.1, -0.05) is 0 Å². The van der Waals surface area contributed by atoms with Crippen molar-refractivity contribution in [2.45, 2.75) is 19.0 Å². The number of nitriles is 1. The van der Waals surface area contributed by atoms with Crippen molar-refractivity contribution in [3.63, 3.8) is 0 Å². The summed E-state index contributed by atoms with van der Waals surface area (Å²) in [5, 5.41) is 8.42. The van der Waals surface area contributed by atoms with Gasteiger partial charge in [0.25, 0.3) is 0 Å². The van der Waals surface area contributed by atoms with E-state index in [-0.39, 0.29) is 5.69 Å². The maximum Gasteiger partial charge on any atom is 0.574 e. The summed E-state index contributed by atoms with van der Waals surface area (Å²) in [6.45, 7) is 0. The number of halogens is 6. The van der Waals surface area contributed by atoms with Gasteiger partial charge in [-0.15, -0.1) is 13.2 Å². The molecule has 10 heteroatoms. The molecule has 0 atom stereocenters. The van der Waals surface area contributed by atoms with E-state index in [0.29, 0.717) is 0 Å². The van der Waals surface area contributed by atoms with Crippen LogP contribution in [0.1, 0.15) is 11.3 Å². The molecule has 0 radical (unpaired) electrons. The molecule has 0 bridgehead atoms. The van der Waals surface area contributed by atoms with Crippen LogP contribution in [0.4, 0.5) is 26.3 Å². The Labute approximate surface area is 108 Å². The summed E-state index contributed by atoms with van der Waals surface area (Å²) in [6.07, 6.45) is -11.0. The maximum absolute atomic E-state index is 12.8. The minimum Gasteiger partial charge on any atom is -0.496 e. The number of rotatable bonds is 3. The summed E-state index contributed by atoms with van der Waals surface area (Å²) >= 11 is 0. The topological polar surface area (TPSA) is 55.1 Å². The average Bonchev–Trinajstić information content (AvgIpc) is 2.24. The zero-order valence-corrected chi connectivity index (χ0v) is 9.76. The molecule has 0 aromatic carbocycles. The second kappa shape index (κ2) is 5.44. The van der Waals surface area contributed by atoms with Crippen LogP contribution in [0.3, 0.4) is 0 Å². The van der Waals surface area contributed by atoms with Crippen molar-refractivity contribution >= 4 is 0 Å². The SMILES string of the molecule is COc1cc(CC#N)nc(OC(F)(F)F)c1C(F)(F)F. The summed E-state index contributed by atoms with van der Waals surface area (Å²) in [5.74, 6) is -2.61. The Hall–Kier alpha value is -2.18. The lowest BCUT2D eigenvalue weighted by atomic mass is 10.2. The molecule has 0 N–H and O–H groups in total. The molecule has 110 valence electrons. The molecule has 0 aliphatic heterocycles. The van der Waals surface area contributed by atoms with Crippen molar-refractivity contribution in [2.75, 3.05) is 7.11 Å². The molecule has 1 rings (SSSR count). The number of hydrogen-bond acceptors (Lipinski definition) is 4. The highest BCUT2D eigenvalue weighted by Gasteiger charge is 2.43. The number of pyridine rings is 1. The first kappa shape index (κ1) is 15.9. The Bertz CT molecular complexity index is 532. The smallest absolute Gasteiger partial charge is 0.496 e. The second-order valence-corrected chi connectivity index (χ2v) is 3.38. The van der Waals surface area contributed by atoms with Gasteiger partial charge >= 0.3 is 12.5 Å². The van der Waals surface area contributed by atoms with E-state index in [1.807, 2.05) is 0 Å². The number of aromatic nitrogens is 1. The van der Waals surface area contributed by atoms with Crippen LogP contribution >= 0.6 is 0 Å². The highest BCUT2D eigenvalue weighted by atomic mass is 19.4. The van der Waals surface area contributed by atoms with Gasteiger partial charge in [0.1, 0.15) is 5.75 Å². The number of alkyl halides is 6. The Morgan fingerprint density at radius 2 is 1.85 bits per heavy atom. The average molecular weight is 300 g/mol. The summed E-state index contributed by atoms with van der Waals surface area (Å²) in [5.41, 5.74) is -2.13. The lowest BCUT2D eigenvalue weighted by Crippen LogP contribution is -2.22. The highest BCUT2D eigenvalue weighted by molar-refractivity contribution is 5.44. The summed E-state index contributed by atoms with van der Waals surface area (Å²) < 4.78 is 82.3. The van der Waals surface area contributed by atoms with E-state index in [0.717, 1.165) is 13.2 Å². The fraction of sp³-hybridized carbons (Fsp3) is 0.400. The fourth-order valence-electron chi connectivity index (χ4n) is 1.32. The predicted octanol–water partition coefficient (Wildman–Crippen LogP) is 3.07. The molecule has 1 aromatic heterocycles. The molecule has 0 unspecified atom stereocenters. The van der Waals surface area contributed by atoms with Gasteiger partial charge in [-0.25, -0.2) is 4.98 Å². The zero-order valence-electron chi connectivity index (χ0n) is 9.76. The highest BCUT2D eigenvalue weighted by Crippen LogP contribution is 2.43. The minimum atomic E-state index is -5.36. The van der Waals surface area contributed by atoms with Crippen LogP contribution in [-0.2, 0) is 12.6 Å². The van der Waals surface area contributed by atoms with Gasteiger partial charge < -0.3 is 9.47 Å². The second-order valence-electron chi connectivity index (χ2n) is 3.38. The van der Waals surface area contributed by atoms with Gasteiger partial charge in [0.05, 0.1) is 25.3 Å². The van der Waals surface area contributed by atoms with Crippen molar-refractivity contribution < 1.29 is 35.8 Å². The lowest BCUT2D eigenvalue weighted by molar-refractivity contribution is -0.278. The third-order valence-electron chi connectivity index (χ3n) is 1.98. The Morgan fingerprint density at radius 3 is 2.25 bits per heavy atom. The van der Waals surface area contributed by atoms with Crippen molar-refractivity contribution in [3.05, 3.63) is 17.3 Å². The van der Waals surface area contributed by atoms with Gasteiger partial charge in [-0.2, -0.15) is 18.4 Å². The molecule has 0 aliphatic carbocycles. The van der Waals surface area contributed by atoms with Gasteiger partial charge in [0, 0.05) is 6.07 Å². The molecule has 1 heterocycles. The van der Waals surface area contributed by atoms with Gasteiger partial charge in [0.15, 0.2) is 5.56 Å². The molecular weight excluding hydrogens is 294 g/mol. The molecule has 4 nitrogen and oxygen atoms in total. The van der Waals surface area contributed by atoms with E-state index in [4.69, 9.17) is 5.26 Å². The van der Waals surface area contributed by atoms with Crippen LogP contribution < -0.4 is 9.47 Å². The van der Waals surface area contributed by atoms with E-state index in [1.165, 1.54) is 0 Å². The number of hydrogen-bond donors (Lipinski definition) is 0. The van der Waals surface area contributed by atoms with E-state index < -0.39 is 36.2 Å². The van der Waals surface area contributed by atoms with Crippen molar-refractivity contribution in [3.8, 4) is 17.7 Å². The Balaban J connectivity index is 3.49. The molecule has 0 aliphatic rings. The zero-order chi connectivity index (χ0) is 15.6. The third-order valence-corrected chi connectivity index (χ3v) is 1.98. The molecule has 0 spiro atoms. The Morgan fingerprint density at radius 1 is 1.25 bits per heavy atom. The summed E-state index contributed by atoms with van der Waals surface area (Å²) in [7, 11) is 0.845. The first-order valence-electron chi connectivity index (χ1n) is 4.86. The fourth-order valence-corrected chi connectivity index (χ4v) is 1.32. The largest absolute Gasteiger partial charge is 0.574 e. The molecule has 1 aromatic rings. The monoisotopic (exact) mass is 300 g/mol. The van der Waals surface area contributed by atoms with Gasteiger partial charge in [0.2, 0.25) is 5.88 Å². The van der Waals surface area contributed by atoms with Crippen molar-refractivity contribution in [1.82, 2.24) is 4.98 Å². The first-order valence-corrected chi connectivity index (χ1v) is 4.86. The predicted molar refractivity (Wildman–Crippen MR) is 51.8 cm³/mol. The Kier molecular flexibility index (Phi) is 4.32. The number of nitrogens with zero attached hydrogens (tertiary/aromatic N) is 2. The van der Waals surface area contributed by atoms with Crippen LogP contribution in [0.2, 0.25) is 0 Å². The number of ether oxygens (including phenoxy) is 2. The van der Waals surface area contributed by atoms with Crippen LogP contribution in [0, 0.1) is 11.3 Å². The van der Waals surface area contributed by atoms with E-state index in [2.05, 4.69) is 14.5 Å². The number of methoxy groups -OCH3 is 1. The third kappa shape index (κ3) is 3.91. The molecule has 20 heavy (non-hydrogen) atoms. The quantitative estimate of drug-likeness (QED) is 0.805. The van der Waals surface area contributed by atoms with Crippen LogP contribution in [0.15, 0.2) is 6.07 Å². The first-order chi connectivity index (χ1) is 9.08. The summed E-state index contributed by atoms with van der Waals surface area (Å²) in [4.78, 5) is 3.06. The lowest BCUT2D eigenvalue weighted by Gasteiger charge is -2.17. The van der Waals surface area contributed by atoms with E-state index >= 15 is 0 Å². The maximum atomic E-state index is 12.8. The molecule has 0 amide bonds. The summed E-state index contributed by atoms with van der Waals surface area (Å²) in [6, 6.07) is 2.28. The molecular formula is C10H6F6N2O2. The molecule has 0 saturated heterocycles. The van der Waals surface area contributed by atoms with E-state index in [9.17, 15) is 26.3 Å². The van der Waals surface area contributed by atoms with Crippen molar-refractivity contribution in [1.29, 1.82) is 5.26 Å². The molecule has 0 saturated carbocycles. The molecule has 0 fully saturated rings.